The van der Waals surface area contributed by atoms with E-state index in [1.54, 1.807) is 0 Å². The van der Waals surface area contributed by atoms with E-state index in [1.807, 2.05) is 0 Å². The molecule has 0 fully saturated rings. The van der Waals surface area contributed by atoms with Gasteiger partial charge >= 0.3 is 17.4 Å². The van der Waals surface area contributed by atoms with Gasteiger partial charge in [0.15, 0.2) is 0 Å². The topological polar surface area (TPSA) is 130 Å². The molecule has 0 saturated heterocycles. The maximum atomic E-state index is 8.33. The summed E-state index contributed by atoms with van der Waals surface area (Å²) in [5.41, 5.74) is 0. The van der Waals surface area contributed by atoms with Crippen molar-refractivity contribution < 1.29 is 20.5 Å². The molecule has 40 valence electrons. The summed E-state index contributed by atoms with van der Waals surface area (Å²) < 4.78 is 0. The minimum atomic E-state index is -2.33. The molecule has 0 aliphatic carbocycles. The van der Waals surface area contributed by atoms with Crippen molar-refractivity contribution >= 4 is 23.5 Å². The standard InChI is InChI=1S/CH2O3.Al.H3N.H2O/c2-1(3)4;;;/h(H2,2,3,4);;1H3;1H2/q;+3;;/p-2. The fourth-order valence-corrected chi connectivity index (χ4v) is 0. The molecule has 6 heteroatoms. The molecule has 0 heterocycles. The van der Waals surface area contributed by atoms with E-state index in [2.05, 4.69) is 0 Å². The Morgan fingerprint density at radius 1 is 1.29 bits per heavy atom. The minimum absolute atomic E-state index is 0. The molecule has 0 amide bonds. The summed E-state index contributed by atoms with van der Waals surface area (Å²) in [5.74, 6) is 0. The van der Waals surface area contributed by atoms with Crippen LogP contribution < -0.4 is 16.4 Å². The molecule has 0 aliphatic heterocycles. The molecule has 0 radical (unpaired) electrons. The molecule has 0 spiro atoms. The predicted octanol–water partition coefficient (Wildman–Crippen LogP) is -2.63. The molecular formula is CH5AlNO4+. The summed E-state index contributed by atoms with van der Waals surface area (Å²) in [6.45, 7) is 0. The van der Waals surface area contributed by atoms with E-state index in [-0.39, 0.29) is 29.0 Å². The van der Waals surface area contributed by atoms with Gasteiger partial charge in [-0.15, -0.1) is 0 Å². The van der Waals surface area contributed by atoms with Gasteiger partial charge in [0.2, 0.25) is 0 Å². The summed E-state index contributed by atoms with van der Waals surface area (Å²) in [6.07, 6.45) is -2.33. The van der Waals surface area contributed by atoms with Crippen LogP contribution in [0.15, 0.2) is 0 Å². The van der Waals surface area contributed by atoms with Gasteiger partial charge in [0.25, 0.3) is 0 Å². The Morgan fingerprint density at radius 3 is 1.29 bits per heavy atom. The number of hydrogen-bond acceptors (Lipinski definition) is 4. The summed E-state index contributed by atoms with van der Waals surface area (Å²) >= 11 is 0. The first-order chi connectivity index (χ1) is 1.73. The van der Waals surface area contributed by atoms with Gasteiger partial charge in [0.1, 0.15) is 0 Å². The summed E-state index contributed by atoms with van der Waals surface area (Å²) in [4.78, 5) is 8.33. The van der Waals surface area contributed by atoms with Crippen molar-refractivity contribution in [1.29, 1.82) is 0 Å². The van der Waals surface area contributed by atoms with Crippen LogP contribution in [0.25, 0.3) is 0 Å². The van der Waals surface area contributed by atoms with Crippen molar-refractivity contribution in [2.24, 2.45) is 0 Å². The molecule has 0 aliphatic rings. The Kier molecular flexibility index (Phi) is 73.1. The second kappa shape index (κ2) is 17.2. The van der Waals surface area contributed by atoms with Crippen LogP contribution in [0, 0.1) is 0 Å². The maximum absolute atomic E-state index is 8.33. The quantitative estimate of drug-likeness (QED) is 0.352. The average Bonchev–Trinajstić information content (AvgIpc) is 0.811. The summed E-state index contributed by atoms with van der Waals surface area (Å²) in [5, 5.41) is 16.7. The monoisotopic (exact) mass is 122 g/mol. The van der Waals surface area contributed by atoms with Crippen molar-refractivity contribution in [1.82, 2.24) is 6.15 Å². The Hall–Kier alpha value is -0.278. The third-order valence-corrected chi connectivity index (χ3v) is 0. The molecule has 0 bridgehead atoms. The maximum Gasteiger partial charge on any atom is 3.00 e. The summed E-state index contributed by atoms with van der Waals surface area (Å²) in [7, 11) is 0. The van der Waals surface area contributed by atoms with Crippen LogP contribution in [0.1, 0.15) is 0 Å². The van der Waals surface area contributed by atoms with Gasteiger partial charge in [-0.2, -0.15) is 0 Å². The van der Waals surface area contributed by atoms with E-state index in [1.165, 1.54) is 0 Å². The third kappa shape index (κ3) is 1030. The van der Waals surface area contributed by atoms with Gasteiger partial charge in [-0.1, -0.05) is 0 Å². The molecule has 0 rings (SSSR count). The molecule has 0 saturated carbocycles. The van der Waals surface area contributed by atoms with Crippen LogP contribution in [-0.2, 0) is 0 Å². The normalized spacial score (nSPS) is 3.43. The largest absolute Gasteiger partial charge is 3.00 e. The van der Waals surface area contributed by atoms with E-state index in [0.29, 0.717) is 0 Å². The minimum Gasteiger partial charge on any atom is -0.870 e. The van der Waals surface area contributed by atoms with Crippen LogP contribution in [0.4, 0.5) is 4.79 Å². The molecule has 0 atom stereocenters. The number of carboxylic acid groups (broad SMARTS) is 2. The van der Waals surface area contributed by atoms with E-state index in [0.717, 1.165) is 0 Å². The van der Waals surface area contributed by atoms with E-state index in [9.17, 15) is 0 Å². The molecule has 5 nitrogen and oxygen atoms in total. The van der Waals surface area contributed by atoms with E-state index < -0.39 is 6.16 Å². The fraction of sp³-hybridized carbons (Fsp3) is 0. The van der Waals surface area contributed by atoms with Gasteiger partial charge in [0, 0.05) is 0 Å². The number of rotatable bonds is 0. The zero-order valence-electron chi connectivity index (χ0n) is 3.75. The molecular weight excluding hydrogens is 117 g/mol. The van der Waals surface area contributed by atoms with Crippen LogP contribution in [0.3, 0.4) is 0 Å². The first-order valence-corrected chi connectivity index (χ1v) is 0.612. The molecule has 7 heavy (non-hydrogen) atoms. The Bertz CT molecular complexity index is 34.7. The van der Waals surface area contributed by atoms with Gasteiger partial charge in [-0.05, 0) is 6.16 Å². The van der Waals surface area contributed by atoms with Gasteiger partial charge in [-0.25, -0.2) is 0 Å². The average molecular weight is 122 g/mol. The van der Waals surface area contributed by atoms with Crippen molar-refractivity contribution in [2.45, 2.75) is 0 Å². The number of hydrogen-bond donors (Lipinski definition) is 1. The first kappa shape index (κ1) is 29.7. The Morgan fingerprint density at radius 2 is 1.29 bits per heavy atom. The Balaban J connectivity index is -0.0000000150. The molecule has 0 aromatic heterocycles. The molecule has 0 unspecified atom stereocenters. The molecule has 5 N–H and O–H groups in total. The predicted molar refractivity (Wildman–Crippen MR) is 19.1 cm³/mol. The van der Waals surface area contributed by atoms with E-state index in [4.69, 9.17) is 15.0 Å². The fourth-order valence-electron chi connectivity index (χ4n) is 0. The van der Waals surface area contributed by atoms with Crippen molar-refractivity contribution in [3.8, 4) is 0 Å². The smallest absolute Gasteiger partial charge is 0.870 e. The van der Waals surface area contributed by atoms with Crippen molar-refractivity contribution in [2.75, 3.05) is 0 Å². The van der Waals surface area contributed by atoms with Gasteiger partial charge in [0.05, 0.1) is 0 Å². The van der Waals surface area contributed by atoms with Crippen molar-refractivity contribution in [3.63, 3.8) is 0 Å². The zero-order valence-corrected chi connectivity index (χ0v) is 4.90. The third-order valence-electron chi connectivity index (χ3n) is 0. The second-order valence-corrected chi connectivity index (χ2v) is 0.250. The first-order valence-electron chi connectivity index (χ1n) is 0.612. The van der Waals surface area contributed by atoms with E-state index >= 15 is 0 Å². The second-order valence-electron chi connectivity index (χ2n) is 0.250. The molecule has 0 aromatic carbocycles. The van der Waals surface area contributed by atoms with Crippen LogP contribution in [-0.4, -0.2) is 29.0 Å². The van der Waals surface area contributed by atoms with Crippen LogP contribution >= 0.6 is 0 Å². The Labute approximate surface area is 51.0 Å². The molecule has 0 aromatic rings. The summed E-state index contributed by atoms with van der Waals surface area (Å²) in [6, 6.07) is 0. The van der Waals surface area contributed by atoms with Crippen LogP contribution in [0.5, 0.6) is 0 Å². The van der Waals surface area contributed by atoms with Gasteiger partial charge < -0.3 is 26.6 Å². The zero-order chi connectivity index (χ0) is 3.58. The van der Waals surface area contributed by atoms with Crippen LogP contribution in [0.2, 0.25) is 0 Å². The SMILES string of the molecule is O=C([O-])[O-].[Al+3].[NH4+].[OH-]. The van der Waals surface area contributed by atoms with Crippen molar-refractivity contribution in [3.05, 3.63) is 0 Å². The number of quaternary nitrogens is 1. The van der Waals surface area contributed by atoms with Gasteiger partial charge in [-0.3, -0.25) is 0 Å². The number of carbonyl (C=O) groups is 1. The number of carbonyl (C=O) groups excluding carboxylic acids is 1.